The summed E-state index contributed by atoms with van der Waals surface area (Å²) in [6.07, 6.45) is 3.76. The molecule has 5 nitrogen and oxygen atoms in total. The molecule has 2 saturated carbocycles. The van der Waals surface area contributed by atoms with Crippen LogP contribution in [0.2, 0.25) is 0 Å². The molecule has 2 bridgehead atoms. The third kappa shape index (κ3) is 3.65. The van der Waals surface area contributed by atoms with E-state index in [1.165, 1.54) is 19.3 Å². The van der Waals surface area contributed by atoms with Gasteiger partial charge in [-0.2, -0.15) is 0 Å². The zero-order valence-corrected chi connectivity index (χ0v) is 15.7. The molecule has 3 aliphatic rings. The first-order valence-corrected chi connectivity index (χ1v) is 9.70. The summed E-state index contributed by atoms with van der Waals surface area (Å²) in [7, 11) is 0. The van der Waals surface area contributed by atoms with Crippen molar-refractivity contribution < 1.29 is 14.9 Å². The number of β-amino-alcohol motifs (C(OH)–C–C–N with tert-alkyl or cyclic N) is 2. The molecule has 0 aromatic heterocycles. The number of fused-ring (bicyclic) bond motifs is 2. The molecule has 140 valence electrons. The molecule has 4 atom stereocenters. The number of hydrogen-bond acceptors (Lipinski definition) is 5. The summed E-state index contributed by atoms with van der Waals surface area (Å²) in [6.45, 7) is 13.1. The molecule has 3 rings (SSSR count). The van der Waals surface area contributed by atoms with Crippen LogP contribution in [0.3, 0.4) is 0 Å². The van der Waals surface area contributed by atoms with Gasteiger partial charge in [0.2, 0.25) is 0 Å². The number of rotatable bonds is 7. The lowest BCUT2D eigenvalue weighted by Gasteiger charge is -2.43. The largest absolute Gasteiger partial charge is 0.395 e. The van der Waals surface area contributed by atoms with Gasteiger partial charge in [0, 0.05) is 39.3 Å². The Bertz CT molecular complexity index is 418. The van der Waals surface area contributed by atoms with Gasteiger partial charge in [-0.3, -0.25) is 9.80 Å². The Morgan fingerprint density at radius 3 is 2.38 bits per heavy atom. The van der Waals surface area contributed by atoms with Crippen molar-refractivity contribution in [1.29, 1.82) is 0 Å². The Morgan fingerprint density at radius 1 is 1.12 bits per heavy atom. The van der Waals surface area contributed by atoms with Gasteiger partial charge in [0.1, 0.15) is 0 Å². The molecule has 0 spiro atoms. The summed E-state index contributed by atoms with van der Waals surface area (Å²) in [6, 6.07) is 0. The van der Waals surface area contributed by atoms with Crippen LogP contribution < -0.4 is 0 Å². The summed E-state index contributed by atoms with van der Waals surface area (Å²) >= 11 is 0. The summed E-state index contributed by atoms with van der Waals surface area (Å²) in [4.78, 5) is 4.59. The van der Waals surface area contributed by atoms with E-state index in [4.69, 9.17) is 9.84 Å². The lowest BCUT2D eigenvalue weighted by Crippen LogP contribution is -2.50. The van der Waals surface area contributed by atoms with Crippen LogP contribution in [-0.4, -0.2) is 84.7 Å². The number of aliphatic hydroxyl groups is 2. The van der Waals surface area contributed by atoms with Gasteiger partial charge in [0.25, 0.3) is 0 Å². The van der Waals surface area contributed by atoms with Crippen LogP contribution >= 0.6 is 0 Å². The second-order valence-corrected chi connectivity index (χ2v) is 9.15. The highest BCUT2D eigenvalue weighted by Gasteiger charge is 2.60. The zero-order valence-electron chi connectivity index (χ0n) is 15.7. The number of aliphatic hydroxyl groups excluding tert-OH is 2. The minimum absolute atomic E-state index is 0.230. The zero-order chi connectivity index (χ0) is 17.4. The quantitative estimate of drug-likeness (QED) is 0.729. The molecule has 0 aromatic rings. The molecule has 1 aliphatic heterocycles. The Labute approximate surface area is 147 Å². The molecule has 0 aromatic carbocycles. The summed E-state index contributed by atoms with van der Waals surface area (Å²) in [5.74, 6) is 0.782. The minimum atomic E-state index is -0.409. The van der Waals surface area contributed by atoms with Crippen molar-refractivity contribution in [1.82, 2.24) is 9.80 Å². The Morgan fingerprint density at radius 2 is 1.79 bits per heavy atom. The molecule has 5 heteroatoms. The fourth-order valence-corrected chi connectivity index (χ4v) is 5.57. The minimum Gasteiger partial charge on any atom is -0.395 e. The monoisotopic (exact) mass is 340 g/mol. The van der Waals surface area contributed by atoms with Crippen LogP contribution in [0.4, 0.5) is 0 Å². The maximum Gasteiger partial charge on any atom is 0.0900 e. The molecular weight excluding hydrogens is 304 g/mol. The molecule has 2 aliphatic carbocycles. The van der Waals surface area contributed by atoms with Crippen molar-refractivity contribution in [2.75, 3.05) is 52.5 Å². The van der Waals surface area contributed by atoms with E-state index in [-0.39, 0.29) is 18.1 Å². The Kier molecular flexibility index (Phi) is 5.57. The van der Waals surface area contributed by atoms with Crippen molar-refractivity contribution in [3.8, 4) is 0 Å². The van der Waals surface area contributed by atoms with Gasteiger partial charge in [0.15, 0.2) is 0 Å². The van der Waals surface area contributed by atoms with Crippen molar-refractivity contribution in [3.63, 3.8) is 0 Å². The lowest BCUT2D eigenvalue weighted by atomic mass is 9.70. The number of hydrogen-bond donors (Lipinski definition) is 2. The standard InChI is InChI=1S/C19H36N2O3/c1-18(2)15-4-5-19(3,12-15)17(18)24-14-16(23)13-21-8-6-20(7-9-21)10-11-22/h15-17,22-23H,4-14H2,1-3H3/t15-,16-,17-,19-/m1/s1. The van der Waals surface area contributed by atoms with Gasteiger partial charge < -0.3 is 14.9 Å². The van der Waals surface area contributed by atoms with Gasteiger partial charge in [-0.15, -0.1) is 0 Å². The molecule has 0 unspecified atom stereocenters. The van der Waals surface area contributed by atoms with Gasteiger partial charge in [-0.25, -0.2) is 0 Å². The number of piperazine rings is 1. The molecule has 1 heterocycles. The smallest absolute Gasteiger partial charge is 0.0900 e. The average molecular weight is 341 g/mol. The highest BCUT2D eigenvalue weighted by Crippen LogP contribution is 2.63. The molecule has 0 amide bonds. The van der Waals surface area contributed by atoms with Gasteiger partial charge in [-0.05, 0) is 36.0 Å². The number of nitrogens with zero attached hydrogens (tertiary/aromatic N) is 2. The van der Waals surface area contributed by atoms with Gasteiger partial charge in [-0.1, -0.05) is 20.8 Å². The predicted molar refractivity (Wildman–Crippen MR) is 94.9 cm³/mol. The van der Waals surface area contributed by atoms with Crippen molar-refractivity contribution in [3.05, 3.63) is 0 Å². The van der Waals surface area contributed by atoms with Crippen LogP contribution in [0.1, 0.15) is 40.0 Å². The molecule has 1 saturated heterocycles. The van der Waals surface area contributed by atoms with Crippen molar-refractivity contribution in [2.45, 2.75) is 52.2 Å². The van der Waals surface area contributed by atoms with E-state index in [2.05, 4.69) is 30.6 Å². The van der Waals surface area contributed by atoms with E-state index in [9.17, 15) is 5.11 Å². The highest BCUT2D eigenvalue weighted by atomic mass is 16.5. The van der Waals surface area contributed by atoms with Crippen molar-refractivity contribution in [2.24, 2.45) is 16.7 Å². The Hall–Kier alpha value is -0.200. The van der Waals surface area contributed by atoms with E-state index < -0.39 is 6.10 Å². The fourth-order valence-electron chi connectivity index (χ4n) is 5.57. The molecule has 24 heavy (non-hydrogen) atoms. The van der Waals surface area contributed by atoms with Crippen LogP contribution in [0.5, 0.6) is 0 Å². The van der Waals surface area contributed by atoms with E-state index in [0.29, 0.717) is 18.6 Å². The van der Waals surface area contributed by atoms with Crippen molar-refractivity contribution >= 4 is 0 Å². The van der Waals surface area contributed by atoms with Gasteiger partial charge >= 0.3 is 0 Å². The molecule has 2 N–H and O–H groups in total. The molecule has 0 radical (unpaired) electrons. The first-order valence-electron chi connectivity index (χ1n) is 9.70. The van der Waals surface area contributed by atoms with Gasteiger partial charge in [0.05, 0.1) is 25.4 Å². The van der Waals surface area contributed by atoms with Crippen LogP contribution in [0.15, 0.2) is 0 Å². The van der Waals surface area contributed by atoms with Crippen LogP contribution in [-0.2, 0) is 4.74 Å². The topological polar surface area (TPSA) is 56.2 Å². The summed E-state index contributed by atoms with van der Waals surface area (Å²) in [5.41, 5.74) is 0.548. The second-order valence-electron chi connectivity index (χ2n) is 9.15. The second kappa shape index (κ2) is 7.20. The van der Waals surface area contributed by atoms with Crippen LogP contribution in [0.25, 0.3) is 0 Å². The van der Waals surface area contributed by atoms with Crippen LogP contribution in [0, 0.1) is 16.7 Å². The first-order chi connectivity index (χ1) is 11.3. The highest BCUT2D eigenvalue weighted by molar-refractivity contribution is 5.09. The fraction of sp³-hybridized carbons (Fsp3) is 1.00. The third-order valence-corrected chi connectivity index (χ3v) is 6.94. The Balaban J connectivity index is 1.42. The summed E-state index contributed by atoms with van der Waals surface area (Å²) < 4.78 is 6.30. The van der Waals surface area contributed by atoms with E-state index in [1.54, 1.807) is 0 Å². The maximum atomic E-state index is 10.4. The van der Waals surface area contributed by atoms with E-state index >= 15 is 0 Å². The number of ether oxygens (including phenoxy) is 1. The molecular formula is C19H36N2O3. The maximum absolute atomic E-state index is 10.4. The molecule has 3 fully saturated rings. The summed E-state index contributed by atoms with van der Waals surface area (Å²) in [5, 5.41) is 19.4. The average Bonchev–Trinajstić information content (AvgIpc) is 3.00. The van der Waals surface area contributed by atoms with E-state index in [1.807, 2.05) is 0 Å². The normalized spacial score (nSPS) is 37.9. The van der Waals surface area contributed by atoms with E-state index in [0.717, 1.165) is 38.6 Å². The lowest BCUT2D eigenvalue weighted by molar-refractivity contribution is -0.114. The predicted octanol–water partition coefficient (Wildman–Crippen LogP) is 1.19. The first kappa shape index (κ1) is 18.6. The third-order valence-electron chi connectivity index (χ3n) is 6.94. The SMILES string of the molecule is CC1(C)[C@@H]2CC[C@](C)(C2)[C@@H]1OC[C@H](O)CN1CCN(CCO)CC1.